The highest BCUT2D eigenvalue weighted by Crippen LogP contribution is 2.72. The van der Waals surface area contributed by atoms with E-state index in [-0.39, 0.29) is 65.1 Å². The topological polar surface area (TPSA) is 153 Å². The van der Waals surface area contributed by atoms with Gasteiger partial charge in [0, 0.05) is 42.7 Å². The number of esters is 2. The first-order chi connectivity index (χ1) is 41.1. The first kappa shape index (κ1) is 57.4. The van der Waals surface area contributed by atoms with Crippen LogP contribution in [0.15, 0.2) is 131 Å². The van der Waals surface area contributed by atoms with E-state index in [2.05, 4.69) is 132 Å². The first-order valence-electron chi connectivity index (χ1n) is 32.7. The Bertz CT molecular complexity index is 3230. The van der Waals surface area contributed by atoms with Crippen molar-refractivity contribution >= 4 is 17.5 Å². The molecular formula is C73H91N5O6. The number of nitrogens with one attached hydrogen (secondary N) is 5. The number of ether oxygens (including phenoxy) is 2. The Morgan fingerprint density at radius 3 is 2.52 bits per heavy atom. The molecule has 14 bridgehead atoms. The van der Waals surface area contributed by atoms with Crippen LogP contribution in [0.4, 0.5) is 0 Å². The van der Waals surface area contributed by atoms with Gasteiger partial charge >= 0.3 is 11.9 Å². The Balaban J connectivity index is 0.961. The minimum absolute atomic E-state index is 0.0415. The molecule has 84 heavy (non-hydrogen) atoms. The molecule has 0 amide bonds. The van der Waals surface area contributed by atoms with Crippen LogP contribution in [-0.4, -0.2) is 67.6 Å². The van der Waals surface area contributed by atoms with Crippen molar-refractivity contribution in [2.45, 2.75) is 161 Å². The Hall–Kier alpha value is -5.66. The van der Waals surface area contributed by atoms with Crippen molar-refractivity contribution in [2.75, 3.05) is 33.2 Å². The van der Waals surface area contributed by atoms with E-state index in [0.717, 1.165) is 167 Å². The minimum atomic E-state index is -0.890. The number of cyclic esters (lactones) is 1. The van der Waals surface area contributed by atoms with Crippen LogP contribution < -0.4 is 26.6 Å². The molecule has 5 heterocycles. The van der Waals surface area contributed by atoms with E-state index in [1.807, 2.05) is 12.1 Å². The average Bonchev–Trinajstić information content (AvgIpc) is 1.45. The Kier molecular flexibility index (Phi) is 16.8. The number of phenols is 1. The summed E-state index contributed by atoms with van der Waals surface area (Å²) in [6, 6.07) is 32.4. The van der Waals surface area contributed by atoms with Crippen LogP contribution in [0.2, 0.25) is 0 Å². The summed E-state index contributed by atoms with van der Waals surface area (Å²) in [6.45, 7) is 9.21. The minimum Gasteiger partial charge on any atom is -0.508 e. The van der Waals surface area contributed by atoms with Gasteiger partial charge in [-0.15, -0.1) is 0 Å². The molecule has 4 aromatic rings. The van der Waals surface area contributed by atoms with Crippen LogP contribution >= 0.6 is 0 Å². The summed E-state index contributed by atoms with van der Waals surface area (Å²) < 4.78 is 13.5. The largest absolute Gasteiger partial charge is 0.508 e. The van der Waals surface area contributed by atoms with Crippen LogP contribution in [0.3, 0.4) is 0 Å². The van der Waals surface area contributed by atoms with Gasteiger partial charge in [-0.2, -0.15) is 0 Å². The van der Waals surface area contributed by atoms with Gasteiger partial charge in [0.2, 0.25) is 0 Å². The van der Waals surface area contributed by atoms with E-state index in [1.165, 1.54) is 35.1 Å². The quantitative estimate of drug-likeness (QED) is 0.0477. The summed E-state index contributed by atoms with van der Waals surface area (Å²) in [6.07, 6.45) is 21.8. The number of benzene rings is 4. The van der Waals surface area contributed by atoms with E-state index >= 15 is 9.59 Å². The average molecular weight is 1130 g/mol. The Morgan fingerprint density at radius 1 is 0.821 bits per heavy atom. The first-order valence-corrected chi connectivity index (χ1v) is 32.7. The molecule has 5 aliphatic heterocycles. The number of hydrogen-bond acceptors (Lipinski definition) is 11. The van der Waals surface area contributed by atoms with Crippen molar-refractivity contribution in [3.63, 3.8) is 0 Å². The van der Waals surface area contributed by atoms with Crippen LogP contribution in [0.25, 0.3) is 16.7 Å². The molecule has 11 aliphatic rings. The molecule has 1 spiro atoms. The third-order valence-corrected chi connectivity index (χ3v) is 22.2. The zero-order valence-electron chi connectivity index (χ0n) is 50.1. The van der Waals surface area contributed by atoms with Gasteiger partial charge in [-0.1, -0.05) is 99.5 Å². The number of fused-ring (bicyclic) bond motifs is 5. The number of carbonyl (C=O) groups excluding carboxylic acids is 2. The van der Waals surface area contributed by atoms with Gasteiger partial charge in [-0.3, -0.25) is 0 Å². The molecule has 0 unspecified atom stereocenters. The van der Waals surface area contributed by atoms with Crippen molar-refractivity contribution in [2.24, 2.45) is 52.3 Å². The summed E-state index contributed by atoms with van der Waals surface area (Å²) in [7, 11) is 2.07. The zero-order chi connectivity index (χ0) is 57.5. The van der Waals surface area contributed by atoms with Crippen molar-refractivity contribution in [1.82, 2.24) is 26.6 Å². The molecule has 5 fully saturated rings. The Labute approximate surface area is 499 Å². The lowest BCUT2D eigenvalue weighted by atomic mass is 9.44. The smallest absolute Gasteiger partial charge is 0.340 e. The maximum atomic E-state index is 15.4. The van der Waals surface area contributed by atoms with Crippen molar-refractivity contribution < 1.29 is 29.3 Å². The number of carbonyl (C=O) groups is 2. The highest BCUT2D eigenvalue weighted by Gasteiger charge is 2.69. The summed E-state index contributed by atoms with van der Waals surface area (Å²) in [5, 5.41) is 42.5. The number of phenolic OH excluding ortho intramolecular Hbond substituents is 1. The molecule has 2 saturated heterocycles. The molecule has 3 saturated carbocycles. The third-order valence-electron chi connectivity index (χ3n) is 22.2. The van der Waals surface area contributed by atoms with E-state index in [0.29, 0.717) is 48.6 Å². The third kappa shape index (κ3) is 10.9. The fourth-order valence-electron chi connectivity index (χ4n) is 18.1. The second kappa shape index (κ2) is 24.6. The van der Waals surface area contributed by atoms with Gasteiger partial charge in [0.1, 0.15) is 17.3 Å². The number of aromatic hydroxyl groups is 1. The second-order valence-electron chi connectivity index (χ2n) is 26.9. The fraction of sp³-hybridized carbons (Fsp3) is 0.534. The summed E-state index contributed by atoms with van der Waals surface area (Å²) in [5.41, 5.74) is 11.7. The molecule has 15 rings (SSSR count). The second-order valence-corrected chi connectivity index (χ2v) is 26.9. The van der Waals surface area contributed by atoms with Gasteiger partial charge in [0.05, 0.1) is 23.3 Å². The van der Waals surface area contributed by atoms with Crippen LogP contribution in [-0.2, 0) is 45.0 Å². The van der Waals surface area contributed by atoms with E-state index in [4.69, 9.17) is 9.47 Å². The molecule has 6 aliphatic carbocycles. The van der Waals surface area contributed by atoms with Crippen molar-refractivity contribution in [3.8, 4) is 16.9 Å². The summed E-state index contributed by atoms with van der Waals surface area (Å²) in [5.74, 6) is 1.88. The van der Waals surface area contributed by atoms with Gasteiger partial charge in [0.25, 0.3) is 0 Å². The number of rotatable bonds is 14. The highest BCUT2D eigenvalue weighted by atomic mass is 16.6. The predicted molar refractivity (Wildman–Crippen MR) is 332 cm³/mol. The zero-order valence-corrected chi connectivity index (χ0v) is 50.1. The summed E-state index contributed by atoms with van der Waals surface area (Å²) >= 11 is 0. The van der Waals surface area contributed by atoms with Gasteiger partial charge in [-0.25, -0.2) is 9.59 Å². The lowest BCUT2D eigenvalue weighted by molar-refractivity contribution is -0.135. The number of hydrogen-bond donors (Lipinski definition) is 7. The molecule has 0 radical (unpaired) electrons. The SMILES string of the molecule is CCCNCc1cc2cc(c1)[C@H](NC[C@H](O)C1CCCC1)[C@H]1CC[C@@]([C@@H]3CCN[C@H](NC)C3)(C/C=C3\OC(=O)C4=C3CC[C@H]3[C@H]5CC[C@]6(C(=C5c5cc(O)ccc5-c5cccc(c5)CNCC2)C(=O)O/C6=C\[C@H](CC)Cc2ccccc2)[C@@H]43)C1. The number of aliphatic hydroxyl groups is 1. The number of piperidine rings is 1. The molecule has 11 atom stereocenters. The number of allylic oxidation sites excluding steroid dienone is 5. The molecule has 4 aromatic carbocycles. The highest BCUT2D eigenvalue weighted by molar-refractivity contribution is 6.07. The molecule has 444 valence electrons. The Morgan fingerprint density at radius 2 is 1.69 bits per heavy atom. The van der Waals surface area contributed by atoms with Gasteiger partial charge in [0.15, 0.2) is 0 Å². The van der Waals surface area contributed by atoms with Crippen molar-refractivity contribution in [1.29, 1.82) is 0 Å². The lowest BCUT2D eigenvalue weighted by Crippen LogP contribution is -2.52. The molecule has 7 N–H and O–H groups in total. The monoisotopic (exact) mass is 1130 g/mol. The van der Waals surface area contributed by atoms with Gasteiger partial charge in [-0.05, 0) is 251 Å². The summed E-state index contributed by atoms with van der Waals surface area (Å²) in [4.78, 5) is 30.7. The fourth-order valence-corrected chi connectivity index (χ4v) is 18.1. The van der Waals surface area contributed by atoms with Gasteiger partial charge < -0.3 is 46.3 Å². The van der Waals surface area contributed by atoms with E-state index in [9.17, 15) is 10.2 Å². The normalized spacial score (nSPS) is 31.3. The van der Waals surface area contributed by atoms with Crippen LogP contribution in [0.1, 0.15) is 156 Å². The standard InChI is InChI=1S/C73H91N5O6/c1-4-30-75-43-49-34-47-25-31-76-42-48-14-11-17-51(36-48)56-19-18-55(79)40-60(56)65-57-23-29-73(63(84-71(82)68(65)73)38-45(5-2)33-46-12-7-6-8-13-46)67-58(57)20-21-59-62(83-70(81)66(59)67)24-28-72(54-26-32-77-64(39-54)74-3)27-22-52(41-72)69(53(35-47)37-49)78-44-61(80)50-15-9-10-16-50/h6-8,11-14,17-19,24,34-38,40,45,50,52,54,57-58,61,64,67,69,74-80H,4-5,9-10,15-16,20-23,25-33,39,41-44H2,1-3H3/b62-24-,63-38-/t45-,52+,54-,57-,58+,61+,64+,67-,69-,72-,73-/m1/s1. The maximum Gasteiger partial charge on any atom is 0.340 e. The predicted octanol–water partition coefficient (Wildman–Crippen LogP) is 12.4. The van der Waals surface area contributed by atoms with E-state index in [1.54, 1.807) is 6.07 Å². The molecule has 11 heteroatoms. The molecule has 0 aromatic heterocycles. The van der Waals surface area contributed by atoms with Crippen LogP contribution in [0.5, 0.6) is 5.75 Å². The van der Waals surface area contributed by atoms with Crippen molar-refractivity contribution in [3.05, 3.63) is 165 Å². The molecular weight excluding hydrogens is 1040 g/mol. The lowest BCUT2D eigenvalue weighted by Gasteiger charge is -2.56. The van der Waals surface area contributed by atoms with E-state index < -0.39 is 5.41 Å². The molecule has 11 nitrogen and oxygen atoms in total. The maximum absolute atomic E-state index is 15.4. The van der Waals surface area contributed by atoms with Crippen LogP contribution in [0, 0.1) is 52.3 Å². The number of aliphatic hydroxyl groups excluding tert-OH is 1.